The van der Waals surface area contributed by atoms with E-state index in [1.54, 1.807) is 6.20 Å². The molecule has 0 spiro atoms. The summed E-state index contributed by atoms with van der Waals surface area (Å²) in [6.07, 6.45) is 3.86. The zero-order valence-corrected chi connectivity index (χ0v) is 20.1. The van der Waals surface area contributed by atoms with Gasteiger partial charge in [0.15, 0.2) is 0 Å². The summed E-state index contributed by atoms with van der Waals surface area (Å²) in [5.41, 5.74) is 5.32. The minimum absolute atomic E-state index is 0.00273. The molecule has 33 heavy (non-hydrogen) atoms. The SMILES string of the molecule is Cc1cccc(N2CCN(CCCCNC(=O)c3cc(C)n(-c4ccccn4)c3C)CC2)c1. The Kier molecular flexibility index (Phi) is 7.45. The third kappa shape index (κ3) is 5.63. The lowest BCUT2D eigenvalue weighted by atomic mass is 10.2. The maximum Gasteiger partial charge on any atom is 0.253 e. The van der Waals surface area contributed by atoms with Crippen LogP contribution in [0.15, 0.2) is 54.7 Å². The average Bonchev–Trinajstić information content (AvgIpc) is 3.13. The molecule has 1 saturated heterocycles. The molecule has 0 unspecified atom stereocenters. The molecule has 0 aliphatic carbocycles. The number of carbonyl (C=O) groups excluding carboxylic acids is 1. The highest BCUT2D eigenvalue weighted by Gasteiger charge is 2.18. The Labute approximate surface area is 197 Å². The minimum Gasteiger partial charge on any atom is -0.369 e. The fourth-order valence-corrected chi connectivity index (χ4v) is 4.64. The van der Waals surface area contributed by atoms with Crippen LogP contribution in [0.1, 0.15) is 40.2 Å². The molecule has 0 saturated carbocycles. The second kappa shape index (κ2) is 10.7. The van der Waals surface area contributed by atoms with Crippen molar-refractivity contribution in [3.8, 4) is 5.82 Å². The van der Waals surface area contributed by atoms with Crippen molar-refractivity contribution in [2.75, 3.05) is 44.2 Å². The topological polar surface area (TPSA) is 53.4 Å². The first kappa shape index (κ1) is 23.1. The first-order valence-electron chi connectivity index (χ1n) is 12.0. The fourth-order valence-electron chi connectivity index (χ4n) is 4.64. The van der Waals surface area contributed by atoms with E-state index in [4.69, 9.17) is 0 Å². The average molecular weight is 446 g/mol. The number of anilines is 1. The number of amides is 1. The third-order valence-corrected chi connectivity index (χ3v) is 6.48. The number of rotatable bonds is 8. The Morgan fingerprint density at radius 2 is 1.79 bits per heavy atom. The van der Waals surface area contributed by atoms with Crippen molar-refractivity contribution in [2.24, 2.45) is 0 Å². The highest BCUT2D eigenvalue weighted by Crippen LogP contribution is 2.20. The number of nitrogens with one attached hydrogen (secondary N) is 1. The van der Waals surface area contributed by atoms with Gasteiger partial charge in [-0.2, -0.15) is 0 Å². The molecular formula is C27H35N5O. The van der Waals surface area contributed by atoms with Gasteiger partial charge in [0.25, 0.3) is 5.91 Å². The van der Waals surface area contributed by atoms with Crippen LogP contribution in [0.4, 0.5) is 5.69 Å². The fraction of sp³-hybridized carbons (Fsp3) is 0.407. The van der Waals surface area contributed by atoms with Gasteiger partial charge < -0.3 is 14.8 Å². The van der Waals surface area contributed by atoms with Gasteiger partial charge in [-0.15, -0.1) is 0 Å². The second-order valence-corrected chi connectivity index (χ2v) is 8.94. The number of hydrogen-bond donors (Lipinski definition) is 1. The van der Waals surface area contributed by atoms with Gasteiger partial charge in [0.1, 0.15) is 5.82 Å². The van der Waals surface area contributed by atoms with E-state index in [0.29, 0.717) is 6.54 Å². The summed E-state index contributed by atoms with van der Waals surface area (Å²) in [6.45, 7) is 12.3. The minimum atomic E-state index is -0.00273. The van der Waals surface area contributed by atoms with Crippen LogP contribution >= 0.6 is 0 Å². The highest BCUT2D eigenvalue weighted by atomic mass is 16.1. The van der Waals surface area contributed by atoms with E-state index in [-0.39, 0.29) is 5.91 Å². The van der Waals surface area contributed by atoms with Gasteiger partial charge in [-0.3, -0.25) is 9.69 Å². The molecule has 1 aromatic carbocycles. The largest absolute Gasteiger partial charge is 0.369 e. The number of pyridine rings is 1. The number of nitrogens with zero attached hydrogens (tertiary/aromatic N) is 4. The van der Waals surface area contributed by atoms with Crippen LogP contribution in [-0.2, 0) is 0 Å². The predicted octanol–water partition coefficient (Wildman–Crippen LogP) is 4.13. The van der Waals surface area contributed by atoms with Crippen LogP contribution in [0, 0.1) is 20.8 Å². The first-order valence-corrected chi connectivity index (χ1v) is 12.0. The summed E-state index contributed by atoms with van der Waals surface area (Å²) >= 11 is 0. The number of unbranched alkanes of at least 4 members (excludes halogenated alkanes) is 1. The molecule has 1 aliphatic heterocycles. The van der Waals surface area contributed by atoms with E-state index < -0.39 is 0 Å². The van der Waals surface area contributed by atoms with Gasteiger partial charge in [0.05, 0.1) is 5.56 Å². The quantitative estimate of drug-likeness (QED) is 0.530. The molecule has 3 aromatic rings. The molecule has 6 heteroatoms. The van der Waals surface area contributed by atoms with Gasteiger partial charge >= 0.3 is 0 Å². The Morgan fingerprint density at radius 3 is 2.52 bits per heavy atom. The molecule has 4 rings (SSSR count). The van der Waals surface area contributed by atoms with Crippen molar-refractivity contribution in [3.63, 3.8) is 0 Å². The van der Waals surface area contributed by atoms with Crippen molar-refractivity contribution in [3.05, 3.63) is 77.2 Å². The maximum atomic E-state index is 12.8. The zero-order chi connectivity index (χ0) is 23.2. The van der Waals surface area contributed by atoms with E-state index in [2.05, 4.69) is 51.3 Å². The molecule has 1 N–H and O–H groups in total. The molecule has 0 radical (unpaired) electrons. The van der Waals surface area contributed by atoms with Crippen LogP contribution in [0.25, 0.3) is 5.82 Å². The van der Waals surface area contributed by atoms with Crippen molar-refractivity contribution in [2.45, 2.75) is 33.6 Å². The van der Waals surface area contributed by atoms with Gasteiger partial charge in [0, 0.05) is 56.0 Å². The molecule has 3 heterocycles. The molecule has 0 bridgehead atoms. The number of carbonyl (C=O) groups is 1. The number of benzene rings is 1. The Hall–Kier alpha value is -3.12. The smallest absolute Gasteiger partial charge is 0.253 e. The third-order valence-electron chi connectivity index (χ3n) is 6.48. The van der Waals surface area contributed by atoms with Crippen molar-refractivity contribution in [1.82, 2.24) is 19.8 Å². The van der Waals surface area contributed by atoms with E-state index in [0.717, 1.165) is 68.3 Å². The summed E-state index contributed by atoms with van der Waals surface area (Å²) in [5.74, 6) is 0.839. The molecule has 1 fully saturated rings. The molecule has 174 valence electrons. The van der Waals surface area contributed by atoms with Crippen LogP contribution < -0.4 is 10.2 Å². The normalized spacial score (nSPS) is 14.5. The standard InChI is InChI=1S/C27H35N5O/c1-21-9-8-10-24(19-21)31-17-15-30(16-18-31)14-7-6-13-29-27(33)25-20-22(2)32(23(25)3)26-11-4-5-12-28-26/h4-5,8-12,19-20H,6-7,13-18H2,1-3H3,(H,29,33). The Balaban J connectivity index is 1.19. The monoisotopic (exact) mass is 445 g/mol. The molecule has 2 aromatic heterocycles. The summed E-state index contributed by atoms with van der Waals surface area (Å²) < 4.78 is 2.03. The van der Waals surface area contributed by atoms with Crippen LogP contribution in [0.5, 0.6) is 0 Å². The summed E-state index contributed by atoms with van der Waals surface area (Å²) in [6, 6.07) is 16.5. The summed E-state index contributed by atoms with van der Waals surface area (Å²) in [5, 5.41) is 3.10. The van der Waals surface area contributed by atoms with Crippen LogP contribution in [-0.4, -0.2) is 59.6 Å². The Morgan fingerprint density at radius 1 is 0.970 bits per heavy atom. The molecular weight excluding hydrogens is 410 g/mol. The molecule has 0 atom stereocenters. The van der Waals surface area contributed by atoms with Crippen LogP contribution in [0.3, 0.4) is 0 Å². The summed E-state index contributed by atoms with van der Waals surface area (Å²) in [7, 11) is 0. The number of aromatic nitrogens is 2. The second-order valence-electron chi connectivity index (χ2n) is 8.94. The van der Waals surface area contributed by atoms with Crippen molar-refractivity contribution < 1.29 is 4.79 Å². The number of piperazine rings is 1. The van der Waals surface area contributed by atoms with E-state index >= 15 is 0 Å². The van der Waals surface area contributed by atoms with Gasteiger partial charge in [-0.1, -0.05) is 18.2 Å². The molecule has 6 nitrogen and oxygen atoms in total. The lowest BCUT2D eigenvalue weighted by Gasteiger charge is -2.36. The maximum absolute atomic E-state index is 12.8. The lowest BCUT2D eigenvalue weighted by Crippen LogP contribution is -2.46. The van der Waals surface area contributed by atoms with E-state index in [1.807, 2.05) is 42.7 Å². The number of hydrogen-bond acceptors (Lipinski definition) is 4. The number of aryl methyl sites for hydroxylation is 2. The zero-order valence-electron chi connectivity index (χ0n) is 20.1. The Bertz CT molecular complexity index is 1070. The highest BCUT2D eigenvalue weighted by molar-refractivity contribution is 5.95. The molecule has 1 aliphatic rings. The van der Waals surface area contributed by atoms with Gasteiger partial charge in [-0.25, -0.2) is 4.98 Å². The first-order chi connectivity index (χ1) is 16.0. The van der Waals surface area contributed by atoms with Crippen molar-refractivity contribution in [1.29, 1.82) is 0 Å². The van der Waals surface area contributed by atoms with Gasteiger partial charge in [-0.05, 0) is 76.1 Å². The van der Waals surface area contributed by atoms with Crippen molar-refractivity contribution >= 4 is 11.6 Å². The molecule has 1 amide bonds. The van der Waals surface area contributed by atoms with E-state index in [1.165, 1.54) is 11.3 Å². The van der Waals surface area contributed by atoms with Gasteiger partial charge in [0.2, 0.25) is 0 Å². The van der Waals surface area contributed by atoms with Crippen LogP contribution in [0.2, 0.25) is 0 Å². The lowest BCUT2D eigenvalue weighted by molar-refractivity contribution is 0.0952. The predicted molar refractivity (Wildman–Crippen MR) is 134 cm³/mol. The van der Waals surface area contributed by atoms with E-state index in [9.17, 15) is 4.79 Å². The summed E-state index contributed by atoms with van der Waals surface area (Å²) in [4.78, 5) is 22.2.